The Hall–Kier alpha value is -0.850. The number of nitrogens with two attached hydrogens (primary N) is 1. The highest BCUT2D eigenvalue weighted by molar-refractivity contribution is 5.85. The summed E-state index contributed by atoms with van der Waals surface area (Å²) in [6.45, 7) is 9.02. The molecule has 7 heteroatoms. The fraction of sp³-hybridized carbons (Fsp3) is 0.588. The molecule has 138 valence electrons. The van der Waals surface area contributed by atoms with Crippen molar-refractivity contribution in [2.24, 2.45) is 11.1 Å². The molecular weight excluding hydrogens is 349 g/mol. The van der Waals surface area contributed by atoms with Gasteiger partial charge in [-0.1, -0.05) is 24.3 Å². The zero-order valence-corrected chi connectivity index (χ0v) is 16.0. The highest BCUT2D eigenvalue weighted by Gasteiger charge is 2.25. The highest BCUT2D eigenvalue weighted by atomic mass is 35.5. The number of nitrogens with one attached hydrogen (secondary N) is 1. The third kappa shape index (κ3) is 6.57. The second-order valence-electron chi connectivity index (χ2n) is 6.43. The molecule has 1 amide bonds. The maximum atomic E-state index is 12.2. The smallest absolute Gasteiger partial charge is 0.227 e. The Bertz CT molecular complexity index is 506. The van der Waals surface area contributed by atoms with E-state index in [0.29, 0.717) is 13.1 Å². The minimum Gasteiger partial charge on any atom is -0.379 e. The molecule has 0 spiro atoms. The number of rotatable bonds is 6. The van der Waals surface area contributed by atoms with Crippen molar-refractivity contribution >= 4 is 30.7 Å². The summed E-state index contributed by atoms with van der Waals surface area (Å²) in [5.41, 5.74) is 7.54. The van der Waals surface area contributed by atoms with Crippen LogP contribution in [0.2, 0.25) is 0 Å². The summed E-state index contributed by atoms with van der Waals surface area (Å²) in [5, 5.41) is 3.01. The van der Waals surface area contributed by atoms with E-state index in [-0.39, 0.29) is 30.7 Å². The number of morpholine rings is 1. The molecule has 0 saturated carbocycles. The second kappa shape index (κ2) is 10.9. The Morgan fingerprint density at radius 2 is 1.79 bits per heavy atom. The molecule has 0 bridgehead atoms. The summed E-state index contributed by atoms with van der Waals surface area (Å²) in [6, 6.07) is 8.26. The number of carbonyl (C=O) groups is 1. The number of carbonyl (C=O) groups excluding carboxylic acids is 1. The normalized spacial score (nSPS) is 15.1. The molecule has 2 rings (SSSR count). The average molecular weight is 378 g/mol. The standard InChI is InChI=1S/C17H27N3O2.2ClH/c1-17(2,13-18)16(21)19-11-14-5-3-4-6-15(14)12-20-7-9-22-10-8-20;;/h3-6H,7-13,18H2,1-2H3,(H,19,21);2*1H. The Labute approximate surface area is 157 Å². The summed E-state index contributed by atoms with van der Waals surface area (Å²) >= 11 is 0. The Kier molecular flexibility index (Phi) is 10.5. The van der Waals surface area contributed by atoms with Crippen LogP contribution in [-0.4, -0.2) is 43.7 Å². The van der Waals surface area contributed by atoms with Gasteiger partial charge in [-0.05, 0) is 25.0 Å². The molecular formula is C17H29Cl2N3O2. The van der Waals surface area contributed by atoms with Crippen molar-refractivity contribution < 1.29 is 9.53 Å². The van der Waals surface area contributed by atoms with Crippen LogP contribution < -0.4 is 11.1 Å². The van der Waals surface area contributed by atoms with Gasteiger partial charge in [0.25, 0.3) is 0 Å². The van der Waals surface area contributed by atoms with Gasteiger partial charge < -0.3 is 15.8 Å². The summed E-state index contributed by atoms with van der Waals surface area (Å²) in [5.74, 6) is -0.00354. The van der Waals surface area contributed by atoms with E-state index in [4.69, 9.17) is 10.5 Å². The van der Waals surface area contributed by atoms with Gasteiger partial charge in [-0.3, -0.25) is 9.69 Å². The molecule has 1 heterocycles. The number of ether oxygens (including phenoxy) is 1. The third-order valence-electron chi connectivity index (χ3n) is 4.18. The van der Waals surface area contributed by atoms with Crippen LogP contribution in [0.25, 0.3) is 0 Å². The monoisotopic (exact) mass is 377 g/mol. The van der Waals surface area contributed by atoms with Gasteiger partial charge in [0.15, 0.2) is 0 Å². The van der Waals surface area contributed by atoms with Crippen LogP contribution in [-0.2, 0) is 22.6 Å². The molecule has 1 fully saturated rings. The van der Waals surface area contributed by atoms with Gasteiger partial charge in [0.05, 0.1) is 18.6 Å². The Morgan fingerprint density at radius 1 is 1.21 bits per heavy atom. The predicted molar refractivity (Wildman–Crippen MR) is 102 cm³/mol. The fourth-order valence-electron chi connectivity index (χ4n) is 2.39. The SMILES string of the molecule is CC(C)(CN)C(=O)NCc1ccccc1CN1CCOCC1.Cl.Cl. The number of amides is 1. The van der Waals surface area contributed by atoms with Gasteiger partial charge in [-0.2, -0.15) is 0 Å². The molecule has 0 atom stereocenters. The summed E-state index contributed by atoms with van der Waals surface area (Å²) in [7, 11) is 0. The molecule has 0 unspecified atom stereocenters. The fourth-order valence-corrected chi connectivity index (χ4v) is 2.39. The van der Waals surface area contributed by atoms with Crippen LogP contribution >= 0.6 is 24.8 Å². The van der Waals surface area contributed by atoms with E-state index in [1.807, 2.05) is 26.0 Å². The number of benzene rings is 1. The lowest BCUT2D eigenvalue weighted by Crippen LogP contribution is -2.41. The first-order valence-electron chi connectivity index (χ1n) is 7.88. The molecule has 1 aliphatic rings. The summed E-state index contributed by atoms with van der Waals surface area (Å²) in [6.07, 6.45) is 0. The van der Waals surface area contributed by atoms with Crippen molar-refractivity contribution in [3.63, 3.8) is 0 Å². The van der Waals surface area contributed by atoms with Gasteiger partial charge in [-0.15, -0.1) is 24.8 Å². The second-order valence-corrected chi connectivity index (χ2v) is 6.43. The molecule has 0 aliphatic carbocycles. The molecule has 1 aromatic rings. The highest BCUT2D eigenvalue weighted by Crippen LogP contribution is 2.15. The molecule has 1 aliphatic heterocycles. The van der Waals surface area contributed by atoms with E-state index >= 15 is 0 Å². The lowest BCUT2D eigenvalue weighted by Gasteiger charge is -2.27. The zero-order chi connectivity index (χ0) is 16.0. The largest absolute Gasteiger partial charge is 0.379 e. The van der Waals surface area contributed by atoms with Crippen molar-refractivity contribution in [3.8, 4) is 0 Å². The molecule has 5 nitrogen and oxygen atoms in total. The lowest BCUT2D eigenvalue weighted by molar-refractivity contribution is -0.129. The van der Waals surface area contributed by atoms with Gasteiger partial charge in [0.1, 0.15) is 0 Å². The number of nitrogens with zero attached hydrogens (tertiary/aromatic N) is 1. The minimum absolute atomic E-state index is 0. The molecule has 1 aromatic carbocycles. The maximum absolute atomic E-state index is 12.2. The summed E-state index contributed by atoms with van der Waals surface area (Å²) in [4.78, 5) is 14.5. The van der Waals surface area contributed by atoms with Crippen LogP contribution in [0.15, 0.2) is 24.3 Å². The van der Waals surface area contributed by atoms with Crippen molar-refractivity contribution in [1.29, 1.82) is 0 Å². The van der Waals surface area contributed by atoms with E-state index in [2.05, 4.69) is 22.3 Å². The van der Waals surface area contributed by atoms with Crippen LogP contribution in [0.1, 0.15) is 25.0 Å². The molecule has 24 heavy (non-hydrogen) atoms. The number of hydrogen-bond acceptors (Lipinski definition) is 4. The first kappa shape index (κ1) is 23.1. The number of hydrogen-bond donors (Lipinski definition) is 2. The van der Waals surface area contributed by atoms with Crippen molar-refractivity contribution in [2.45, 2.75) is 26.9 Å². The molecule has 3 N–H and O–H groups in total. The molecule has 0 aromatic heterocycles. The first-order chi connectivity index (χ1) is 10.5. The van der Waals surface area contributed by atoms with Crippen molar-refractivity contribution in [1.82, 2.24) is 10.2 Å². The first-order valence-corrected chi connectivity index (χ1v) is 7.88. The number of halogens is 2. The van der Waals surface area contributed by atoms with E-state index < -0.39 is 5.41 Å². The van der Waals surface area contributed by atoms with Gasteiger partial charge in [0.2, 0.25) is 5.91 Å². The van der Waals surface area contributed by atoms with Crippen molar-refractivity contribution in [2.75, 3.05) is 32.8 Å². The Morgan fingerprint density at radius 3 is 2.38 bits per heavy atom. The van der Waals surface area contributed by atoms with E-state index in [0.717, 1.165) is 38.4 Å². The van der Waals surface area contributed by atoms with E-state index in [1.54, 1.807) is 0 Å². The van der Waals surface area contributed by atoms with Crippen molar-refractivity contribution in [3.05, 3.63) is 35.4 Å². The van der Waals surface area contributed by atoms with E-state index in [9.17, 15) is 4.79 Å². The maximum Gasteiger partial charge on any atom is 0.227 e. The van der Waals surface area contributed by atoms with E-state index in [1.165, 1.54) is 5.56 Å². The molecule has 0 radical (unpaired) electrons. The average Bonchev–Trinajstić information content (AvgIpc) is 2.54. The minimum atomic E-state index is -0.529. The van der Waals surface area contributed by atoms with Crippen LogP contribution in [0.4, 0.5) is 0 Å². The quantitative estimate of drug-likeness (QED) is 0.794. The van der Waals surface area contributed by atoms with Crippen LogP contribution in [0, 0.1) is 5.41 Å². The Balaban J connectivity index is 0.00000264. The lowest BCUT2D eigenvalue weighted by atomic mass is 9.92. The summed E-state index contributed by atoms with van der Waals surface area (Å²) < 4.78 is 5.39. The van der Waals surface area contributed by atoms with Crippen LogP contribution in [0.3, 0.4) is 0 Å². The topological polar surface area (TPSA) is 67.6 Å². The van der Waals surface area contributed by atoms with Crippen LogP contribution in [0.5, 0.6) is 0 Å². The zero-order valence-electron chi connectivity index (χ0n) is 14.4. The van der Waals surface area contributed by atoms with Gasteiger partial charge >= 0.3 is 0 Å². The molecule has 1 saturated heterocycles. The van der Waals surface area contributed by atoms with Gasteiger partial charge in [-0.25, -0.2) is 0 Å². The predicted octanol–water partition coefficient (Wildman–Crippen LogP) is 1.96. The van der Waals surface area contributed by atoms with Gasteiger partial charge in [0, 0.05) is 32.7 Å². The third-order valence-corrected chi connectivity index (χ3v) is 4.18.